The van der Waals surface area contributed by atoms with Crippen molar-refractivity contribution in [2.75, 3.05) is 5.32 Å². The fourth-order valence-corrected chi connectivity index (χ4v) is 4.14. The second-order valence-corrected chi connectivity index (χ2v) is 7.30. The van der Waals surface area contributed by atoms with Gasteiger partial charge in [-0.3, -0.25) is 4.99 Å². The molecule has 1 heterocycles. The lowest BCUT2D eigenvalue weighted by molar-refractivity contribution is 0.661. The largest absolute Gasteiger partial charge is 0.333 e. The number of para-hydroxylation sites is 1. The Morgan fingerprint density at radius 1 is 1.29 bits per heavy atom. The van der Waals surface area contributed by atoms with Crippen LogP contribution in [0.3, 0.4) is 0 Å². The average Bonchev–Trinajstić information content (AvgIpc) is 2.22. The molecule has 0 saturated carbocycles. The predicted molar refractivity (Wildman–Crippen MR) is 84.0 cm³/mol. The first-order valence-corrected chi connectivity index (χ1v) is 7.98. The number of thioether (sulfide) groups is 1. The second kappa shape index (κ2) is 5.76. The molecule has 0 aliphatic carbocycles. The van der Waals surface area contributed by atoms with Crippen LogP contribution >= 0.6 is 43.6 Å². The van der Waals surface area contributed by atoms with E-state index in [9.17, 15) is 0 Å². The Bertz CT molecular complexity index is 428. The third-order valence-corrected chi connectivity index (χ3v) is 4.87. The van der Waals surface area contributed by atoms with Crippen molar-refractivity contribution < 1.29 is 0 Å². The molecule has 0 fully saturated rings. The van der Waals surface area contributed by atoms with E-state index in [0.29, 0.717) is 11.3 Å². The Morgan fingerprint density at radius 3 is 2.53 bits per heavy atom. The highest BCUT2D eigenvalue weighted by molar-refractivity contribution is 9.11. The summed E-state index contributed by atoms with van der Waals surface area (Å²) in [5.74, 6) is 0. The van der Waals surface area contributed by atoms with Gasteiger partial charge in [0.2, 0.25) is 0 Å². The summed E-state index contributed by atoms with van der Waals surface area (Å²) in [7, 11) is 0. The molecule has 1 aliphatic rings. The number of aliphatic imine (C=N–C) groups is 1. The SMILES string of the molecule is CC1CC(C)SC(Nc2c(Br)cccc2Br)=N1. The van der Waals surface area contributed by atoms with Gasteiger partial charge in [0.05, 0.1) is 11.7 Å². The molecule has 92 valence electrons. The van der Waals surface area contributed by atoms with E-state index in [1.165, 1.54) is 0 Å². The van der Waals surface area contributed by atoms with Gasteiger partial charge in [0.1, 0.15) is 0 Å². The van der Waals surface area contributed by atoms with Crippen LogP contribution in [0.4, 0.5) is 5.69 Å². The monoisotopic (exact) mass is 376 g/mol. The molecular formula is C12H14Br2N2S. The second-order valence-electron chi connectivity index (χ2n) is 4.17. The van der Waals surface area contributed by atoms with E-state index in [4.69, 9.17) is 0 Å². The van der Waals surface area contributed by atoms with Gasteiger partial charge < -0.3 is 5.32 Å². The van der Waals surface area contributed by atoms with Gasteiger partial charge in [-0.1, -0.05) is 24.8 Å². The van der Waals surface area contributed by atoms with Crippen molar-refractivity contribution in [1.29, 1.82) is 0 Å². The molecule has 0 saturated heterocycles. The highest BCUT2D eigenvalue weighted by atomic mass is 79.9. The minimum absolute atomic E-state index is 0.398. The van der Waals surface area contributed by atoms with Crippen molar-refractivity contribution >= 4 is 54.5 Å². The van der Waals surface area contributed by atoms with Crippen LogP contribution in [0.5, 0.6) is 0 Å². The van der Waals surface area contributed by atoms with Gasteiger partial charge in [-0.15, -0.1) is 0 Å². The zero-order valence-corrected chi connectivity index (χ0v) is 13.7. The van der Waals surface area contributed by atoms with Crippen LogP contribution in [0.25, 0.3) is 0 Å². The first-order chi connectivity index (χ1) is 8.06. The molecule has 2 unspecified atom stereocenters. The lowest BCUT2D eigenvalue weighted by atomic mass is 10.2. The van der Waals surface area contributed by atoms with E-state index in [-0.39, 0.29) is 0 Å². The topological polar surface area (TPSA) is 24.4 Å². The van der Waals surface area contributed by atoms with E-state index in [1.807, 2.05) is 18.2 Å². The van der Waals surface area contributed by atoms with Crippen LogP contribution in [-0.2, 0) is 0 Å². The molecule has 2 rings (SSSR count). The number of rotatable bonds is 1. The number of amidine groups is 1. The van der Waals surface area contributed by atoms with Crippen LogP contribution in [0.2, 0.25) is 0 Å². The zero-order valence-electron chi connectivity index (χ0n) is 9.71. The van der Waals surface area contributed by atoms with Gasteiger partial charge in [0.25, 0.3) is 0 Å². The minimum atomic E-state index is 0.398. The Hall–Kier alpha value is -0.000000000000000111. The summed E-state index contributed by atoms with van der Waals surface area (Å²) in [5.41, 5.74) is 1.04. The van der Waals surface area contributed by atoms with Crippen molar-refractivity contribution in [2.24, 2.45) is 4.99 Å². The molecule has 2 atom stereocenters. The molecule has 0 spiro atoms. The minimum Gasteiger partial charge on any atom is -0.333 e. The molecule has 1 N–H and O–H groups in total. The number of nitrogens with zero attached hydrogens (tertiary/aromatic N) is 1. The van der Waals surface area contributed by atoms with E-state index in [0.717, 1.165) is 26.2 Å². The number of hydrogen-bond acceptors (Lipinski definition) is 3. The molecule has 0 radical (unpaired) electrons. The number of hydrogen-bond donors (Lipinski definition) is 1. The van der Waals surface area contributed by atoms with Crippen molar-refractivity contribution in [3.63, 3.8) is 0 Å². The van der Waals surface area contributed by atoms with Gasteiger partial charge in [-0.25, -0.2) is 0 Å². The van der Waals surface area contributed by atoms with E-state index in [1.54, 1.807) is 11.8 Å². The van der Waals surface area contributed by atoms with Crippen LogP contribution in [0.1, 0.15) is 20.3 Å². The zero-order chi connectivity index (χ0) is 12.4. The highest BCUT2D eigenvalue weighted by Gasteiger charge is 2.19. The third kappa shape index (κ3) is 3.48. The molecule has 1 aromatic carbocycles. The molecule has 0 amide bonds. The Labute approximate surface area is 123 Å². The first-order valence-electron chi connectivity index (χ1n) is 5.51. The highest BCUT2D eigenvalue weighted by Crippen LogP contribution is 2.33. The molecule has 1 aliphatic heterocycles. The standard InChI is InChI=1S/C12H14Br2N2S/c1-7-6-8(2)17-12(15-7)16-11-9(13)4-3-5-10(11)14/h3-5,7-8H,6H2,1-2H3,(H,15,16). The smallest absolute Gasteiger partial charge is 0.161 e. The third-order valence-electron chi connectivity index (χ3n) is 2.52. The molecule has 2 nitrogen and oxygen atoms in total. The lowest BCUT2D eigenvalue weighted by Crippen LogP contribution is -2.22. The molecular weight excluding hydrogens is 364 g/mol. The maximum atomic E-state index is 4.64. The molecule has 1 aromatic rings. The summed E-state index contributed by atoms with van der Waals surface area (Å²) >= 11 is 8.89. The maximum Gasteiger partial charge on any atom is 0.161 e. The van der Waals surface area contributed by atoms with Crippen molar-refractivity contribution in [1.82, 2.24) is 0 Å². The van der Waals surface area contributed by atoms with Gasteiger partial charge in [0, 0.05) is 14.2 Å². The maximum absolute atomic E-state index is 4.64. The Balaban J connectivity index is 2.21. The molecule has 5 heteroatoms. The first kappa shape index (κ1) is 13.4. The lowest BCUT2D eigenvalue weighted by Gasteiger charge is -2.23. The fraction of sp³-hybridized carbons (Fsp3) is 0.417. The van der Waals surface area contributed by atoms with Crippen molar-refractivity contribution in [2.45, 2.75) is 31.6 Å². The molecule has 17 heavy (non-hydrogen) atoms. The van der Waals surface area contributed by atoms with Gasteiger partial charge >= 0.3 is 0 Å². The number of benzene rings is 1. The average molecular weight is 378 g/mol. The van der Waals surface area contributed by atoms with Crippen LogP contribution in [0.15, 0.2) is 32.1 Å². The van der Waals surface area contributed by atoms with Gasteiger partial charge in [0.15, 0.2) is 5.17 Å². The number of nitrogens with one attached hydrogen (secondary N) is 1. The van der Waals surface area contributed by atoms with Crippen LogP contribution in [0, 0.1) is 0 Å². The Kier molecular flexibility index (Phi) is 4.55. The van der Waals surface area contributed by atoms with Crippen LogP contribution in [-0.4, -0.2) is 16.5 Å². The van der Waals surface area contributed by atoms with Crippen LogP contribution < -0.4 is 5.32 Å². The van der Waals surface area contributed by atoms with Gasteiger partial charge in [-0.2, -0.15) is 0 Å². The number of halogens is 2. The predicted octanol–water partition coefficient (Wildman–Crippen LogP) is 4.89. The van der Waals surface area contributed by atoms with Gasteiger partial charge in [-0.05, 0) is 57.3 Å². The van der Waals surface area contributed by atoms with Crippen molar-refractivity contribution in [3.8, 4) is 0 Å². The summed E-state index contributed by atoms with van der Waals surface area (Å²) in [5, 5.41) is 5.02. The molecule has 0 aromatic heterocycles. The number of anilines is 1. The summed E-state index contributed by atoms with van der Waals surface area (Å²) in [6, 6.07) is 6.44. The molecule has 0 bridgehead atoms. The fourth-order valence-electron chi connectivity index (χ4n) is 1.79. The van der Waals surface area contributed by atoms with E-state index in [2.05, 4.69) is 56.0 Å². The summed E-state index contributed by atoms with van der Waals surface area (Å²) in [6.45, 7) is 4.40. The quantitative estimate of drug-likeness (QED) is 0.753. The van der Waals surface area contributed by atoms with E-state index >= 15 is 0 Å². The van der Waals surface area contributed by atoms with E-state index < -0.39 is 0 Å². The summed E-state index contributed by atoms with van der Waals surface area (Å²) in [6.07, 6.45) is 1.15. The Morgan fingerprint density at radius 2 is 1.94 bits per heavy atom. The van der Waals surface area contributed by atoms with Crippen molar-refractivity contribution in [3.05, 3.63) is 27.1 Å². The summed E-state index contributed by atoms with van der Waals surface area (Å²) < 4.78 is 2.09. The normalized spacial score (nSPS) is 24.4. The summed E-state index contributed by atoms with van der Waals surface area (Å²) in [4.78, 5) is 4.64.